The minimum Gasteiger partial charge on any atom is -0.313 e. The Morgan fingerprint density at radius 3 is 2.91 bits per heavy atom. The second kappa shape index (κ2) is 2.53. The summed E-state index contributed by atoms with van der Waals surface area (Å²) in [5, 5.41) is 3.51. The summed E-state index contributed by atoms with van der Waals surface area (Å²) in [6, 6.07) is 0.792. The van der Waals surface area contributed by atoms with E-state index in [4.69, 9.17) is 12.2 Å². The van der Waals surface area contributed by atoms with Crippen molar-refractivity contribution in [3.63, 3.8) is 0 Å². The zero-order valence-electron chi connectivity index (χ0n) is 6.89. The van der Waals surface area contributed by atoms with E-state index in [9.17, 15) is 0 Å². The van der Waals surface area contributed by atoms with E-state index in [2.05, 4.69) is 11.7 Å². The fourth-order valence-corrected chi connectivity index (χ4v) is 2.70. The molecule has 0 aromatic rings. The van der Waals surface area contributed by atoms with Gasteiger partial charge in [0.05, 0.1) is 0 Å². The number of hydrogen-bond acceptors (Lipinski definition) is 2. The first-order chi connectivity index (χ1) is 5.20. The van der Waals surface area contributed by atoms with Crippen LogP contribution in [0.25, 0.3) is 0 Å². The molecule has 1 aliphatic heterocycles. The highest BCUT2D eigenvalue weighted by molar-refractivity contribution is 7.80. The van der Waals surface area contributed by atoms with Crippen molar-refractivity contribution in [3.8, 4) is 0 Å². The van der Waals surface area contributed by atoms with Crippen LogP contribution in [0.4, 0.5) is 0 Å². The van der Waals surface area contributed by atoms with Gasteiger partial charge in [-0.15, -0.1) is 0 Å². The molecule has 1 radical (unpaired) electrons. The summed E-state index contributed by atoms with van der Waals surface area (Å²) >= 11 is 5.11. The van der Waals surface area contributed by atoms with Gasteiger partial charge in [-0.1, -0.05) is 12.2 Å². The van der Waals surface area contributed by atoms with Gasteiger partial charge in [0.1, 0.15) is 0 Å². The Balaban J connectivity index is 2.05. The number of nitrogens with one attached hydrogen (secondary N) is 1. The molecule has 2 bridgehead atoms. The summed E-state index contributed by atoms with van der Waals surface area (Å²) < 4.78 is 0. The zero-order chi connectivity index (χ0) is 7.90. The molecule has 2 rings (SSSR count). The fraction of sp³-hybridized carbons (Fsp3) is 0.778. The number of fused-ring (bicyclic) bond motifs is 2. The van der Waals surface area contributed by atoms with E-state index in [0.29, 0.717) is 5.41 Å². The first-order valence-corrected chi connectivity index (χ1v) is 4.71. The normalized spacial score (nSPS) is 41.4. The van der Waals surface area contributed by atoms with E-state index in [1.165, 1.54) is 19.3 Å². The standard InChI is InChI=1S/C9H14NS/c1-7(11)4-9-3-2-8(5-9)10-6-9/h4,8,10H,2-3,5-6H2,1H3. The van der Waals surface area contributed by atoms with Gasteiger partial charge in [-0.2, -0.15) is 0 Å². The highest BCUT2D eigenvalue weighted by atomic mass is 32.1. The summed E-state index contributed by atoms with van der Waals surface area (Å²) in [6.45, 7) is 3.18. The second-order valence-electron chi connectivity index (χ2n) is 3.94. The van der Waals surface area contributed by atoms with Crippen molar-refractivity contribution in [1.82, 2.24) is 5.32 Å². The van der Waals surface area contributed by atoms with Gasteiger partial charge >= 0.3 is 0 Å². The summed E-state index contributed by atoms with van der Waals surface area (Å²) in [5.74, 6) is 0. The molecule has 1 heterocycles. The molecule has 0 amide bonds. The lowest BCUT2D eigenvalue weighted by molar-refractivity contribution is 0.388. The Kier molecular flexibility index (Phi) is 1.77. The molecular weight excluding hydrogens is 154 g/mol. The lowest BCUT2D eigenvalue weighted by Crippen LogP contribution is -2.31. The van der Waals surface area contributed by atoms with Crippen molar-refractivity contribution in [2.75, 3.05) is 6.54 Å². The van der Waals surface area contributed by atoms with Gasteiger partial charge in [-0.3, -0.25) is 0 Å². The summed E-state index contributed by atoms with van der Waals surface area (Å²) in [7, 11) is 0. The molecule has 2 unspecified atom stereocenters. The first-order valence-electron chi connectivity index (χ1n) is 4.30. The van der Waals surface area contributed by atoms with Crippen LogP contribution >= 0.6 is 12.2 Å². The Morgan fingerprint density at radius 2 is 2.55 bits per heavy atom. The number of rotatable bonds is 2. The maximum atomic E-state index is 5.11. The van der Waals surface area contributed by atoms with E-state index in [1.807, 2.05) is 6.92 Å². The zero-order valence-corrected chi connectivity index (χ0v) is 7.71. The van der Waals surface area contributed by atoms with Gasteiger partial charge in [0, 0.05) is 19.0 Å². The maximum absolute atomic E-state index is 5.11. The van der Waals surface area contributed by atoms with Gasteiger partial charge in [0.2, 0.25) is 0 Å². The van der Waals surface area contributed by atoms with Gasteiger partial charge in [0.25, 0.3) is 0 Å². The molecule has 61 valence electrons. The summed E-state index contributed by atoms with van der Waals surface area (Å²) in [4.78, 5) is 1.06. The molecule has 1 saturated carbocycles. The number of piperidine rings is 1. The summed E-state index contributed by atoms with van der Waals surface area (Å²) in [5.41, 5.74) is 0.455. The topological polar surface area (TPSA) is 12.0 Å². The van der Waals surface area contributed by atoms with Crippen LogP contribution < -0.4 is 5.32 Å². The van der Waals surface area contributed by atoms with E-state index in [-0.39, 0.29) is 0 Å². The predicted octanol–water partition coefficient (Wildman–Crippen LogP) is 1.72. The van der Waals surface area contributed by atoms with Crippen molar-refractivity contribution in [1.29, 1.82) is 0 Å². The molecule has 1 aliphatic carbocycles. The molecule has 0 spiro atoms. The highest BCUT2D eigenvalue weighted by Gasteiger charge is 2.44. The minimum absolute atomic E-state index is 0.455. The highest BCUT2D eigenvalue weighted by Crippen LogP contribution is 2.44. The molecule has 0 aromatic carbocycles. The molecule has 1 saturated heterocycles. The third kappa shape index (κ3) is 1.34. The lowest BCUT2D eigenvalue weighted by atomic mass is 9.83. The van der Waals surface area contributed by atoms with Crippen molar-refractivity contribution < 1.29 is 0 Å². The van der Waals surface area contributed by atoms with Crippen LogP contribution in [0.1, 0.15) is 26.2 Å². The molecule has 2 atom stereocenters. The van der Waals surface area contributed by atoms with Crippen molar-refractivity contribution in [2.45, 2.75) is 32.2 Å². The van der Waals surface area contributed by atoms with Crippen LogP contribution in [0, 0.1) is 11.8 Å². The third-order valence-corrected chi connectivity index (χ3v) is 3.01. The van der Waals surface area contributed by atoms with Gasteiger partial charge in [0.15, 0.2) is 0 Å². The molecule has 1 N–H and O–H groups in total. The molecule has 1 nitrogen and oxygen atoms in total. The van der Waals surface area contributed by atoms with E-state index >= 15 is 0 Å². The van der Waals surface area contributed by atoms with Crippen LogP contribution in [-0.2, 0) is 0 Å². The largest absolute Gasteiger partial charge is 0.313 e. The van der Waals surface area contributed by atoms with Crippen LogP contribution in [0.5, 0.6) is 0 Å². The maximum Gasteiger partial charge on any atom is 0.00735 e. The smallest absolute Gasteiger partial charge is 0.00735 e. The minimum atomic E-state index is 0.455. The average Bonchev–Trinajstić information content (AvgIpc) is 2.43. The third-order valence-electron chi connectivity index (χ3n) is 2.90. The van der Waals surface area contributed by atoms with Gasteiger partial charge in [-0.05, 0) is 36.5 Å². The Bertz CT molecular complexity index is 180. The number of thiocarbonyl (C=S) groups is 1. The van der Waals surface area contributed by atoms with E-state index in [1.54, 1.807) is 0 Å². The van der Waals surface area contributed by atoms with Crippen molar-refractivity contribution in [3.05, 3.63) is 6.42 Å². The van der Waals surface area contributed by atoms with Crippen LogP contribution in [0.2, 0.25) is 0 Å². The summed E-state index contributed by atoms with van der Waals surface area (Å²) in [6.07, 6.45) is 6.31. The van der Waals surface area contributed by atoms with Crippen LogP contribution in [-0.4, -0.2) is 17.5 Å². The molecule has 0 aromatic heterocycles. The van der Waals surface area contributed by atoms with Crippen molar-refractivity contribution >= 4 is 17.1 Å². The van der Waals surface area contributed by atoms with Crippen molar-refractivity contribution in [2.24, 2.45) is 5.41 Å². The second-order valence-corrected chi connectivity index (χ2v) is 4.58. The van der Waals surface area contributed by atoms with Crippen LogP contribution in [0.15, 0.2) is 0 Å². The van der Waals surface area contributed by atoms with Crippen LogP contribution in [0.3, 0.4) is 0 Å². The predicted molar refractivity (Wildman–Crippen MR) is 50.6 cm³/mol. The van der Waals surface area contributed by atoms with Gasteiger partial charge < -0.3 is 5.32 Å². The monoisotopic (exact) mass is 168 g/mol. The Hall–Kier alpha value is 0.0500. The molecule has 11 heavy (non-hydrogen) atoms. The van der Waals surface area contributed by atoms with Gasteiger partial charge in [-0.25, -0.2) is 0 Å². The Morgan fingerprint density at radius 1 is 1.73 bits per heavy atom. The number of hydrogen-bond donors (Lipinski definition) is 1. The molecule has 2 aliphatic rings. The van der Waals surface area contributed by atoms with E-state index in [0.717, 1.165) is 17.5 Å². The molecule has 2 heteroatoms. The fourth-order valence-electron chi connectivity index (χ4n) is 2.45. The quantitative estimate of drug-likeness (QED) is 0.630. The molecular formula is C9H14NS. The first kappa shape index (κ1) is 7.69. The Labute approximate surface area is 73.6 Å². The van der Waals surface area contributed by atoms with E-state index < -0.39 is 0 Å². The average molecular weight is 168 g/mol. The molecule has 2 fully saturated rings. The lowest BCUT2D eigenvalue weighted by Gasteiger charge is -2.25. The SMILES string of the molecule is CC(=S)[CH]C12CCC(C1)NC2.